The number of benzene rings is 1. The van der Waals surface area contributed by atoms with Gasteiger partial charge in [0.2, 0.25) is 0 Å². The predicted molar refractivity (Wildman–Crippen MR) is 89.2 cm³/mol. The van der Waals surface area contributed by atoms with Gasteiger partial charge in [-0.15, -0.1) is 0 Å². The lowest BCUT2D eigenvalue weighted by Gasteiger charge is -2.25. The van der Waals surface area contributed by atoms with Crippen molar-refractivity contribution in [2.45, 2.75) is 38.3 Å². The second kappa shape index (κ2) is 8.35. The Labute approximate surface area is 137 Å². The van der Waals surface area contributed by atoms with Gasteiger partial charge in [-0.1, -0.05) is 42.3 Å². The number of nitrogens with one attached hydrogen (secondary N) is 1. The van der Waals surface area contributed by atoms with Gasteiger partial charge in [0.25, 0.3) is 0 Å². The molecule has 2 N–H and O–H groups in total. The normalized spacial score (nSPS) is 16.4. The van der Waals surface area contributed by atoms with Crippen molar-refractivity contribution >= 4 is 23.2 Å². The Hall–Kier alpha value is -0.320. The van der Waals surface area contributed by atoms with Crippen molar-refractivity contribution in [3.63, 3.8) is 0 Å². The lowest BCUT2D eigenvalue weighted by atomic mass is 10.0. The molecule has 1 fully saturated rings. The van der Waals surface area contributed by atoms with Crippen LogP contribution in [0.1, 0.15) is 37.8 Å². The Bertz CT molecular complexity index is 452. The van der Waals surface area contributed by atoms with Gasteiger partial charge in [0, 0.05) is 25.2 Å². The minimum atomic E-state index is 0.196. The molecule has 1 saturated carbocycles. The van der Waals surface area contributed by atoms with Gasteiger partial charge in [0.15, 0.2) is 0 Å². The van der Waals surface area contributed by atoms with E-state index in [9.17, 15) is 5.11 Å². The van der Waals surface area contributed by atoms with Crippen molar-refractivity contribution in [2.24, 2.45) is 0 Å². The topological polar surface area (TPSA) is 35.5 Å². The summed E-state index contributed by atoms with van der Waals surface area (Å²) in [7, 11) is 0. The molecule has 118 valence electrons. The van der Waals surface area contributed by atoms with Crippen LogP contribution in [0.4, 0.5) is 0 Å². The number of aliphatic hydroxyl groups is 1. The van der Waals surface area contributed by atoms with E-state index in [1.165, 1.54) is 12.8 Å². The first-order valence-electron chi connectivity index (χ1n) is 7.69. The summed E-state index contributed by atoms with van der Waals surface area (Å²) in [5.41, 5.74) is 1.06. The maximum atomic E-state index is 9.18. The zero-order chi connectivity index (χ0) is 15.2. The van der Waals surface area contributed by atoms with Gasteiger partial charge in [-0.05, 0) is 37.4 Å². The van der Waals surface area contributed by atoms with E-state index < -0.39 is 0 Å². The van der Waals surface area contributed by atoms with E-state index in [2.05, 4.69) is 17.1 Å². The third-order valence-corrected chi connectivity index (χ3v) is 4.80. The maximum absolute atomic E-state index is 9.18. The second-order valence-electron chi connectivity index (χ2n) is 5.53. The van der Waals surface area contributed by atoms with Crippen molar-refractivity contribution in [1.29, 1.82) is 0 Å². The quantitative estimate of drug-likeness (QED) is 0.727. The van der Waals surface area contributed by atoms with Crippen molar-refractivity contribution in [2.75, 3.05) is 26.2 Å². The molecule has 5 heteroatoms. The Kier molecular flexibility index (Phi) is 6.77. The summed E-state index contributed by atoms with van der Waals surface area (Å²) in [5, 5.41) is 13.9. The molecule has 1 aliphatic carbocycles. The molecule has 21 heavy (non-hydrogen) atoms. The van der Waals surface area contributed by atoms with Crippen molar-refractivity contribution in [3.05, 3.63) is 33.8 Å². The number of halogens is 2. The fourth-order valence-corrected chi connectivity index (χ4v) is 3.18. The van der Waals surface area contributed by atoms with E-state index in [4.69, 9.17) is 23.2 Å². The van der Waals surface area contributed by atoms with Crippen LogP contribution < -0.4 is 5.32 Å². The molecule has 0 bridgehead atoms. The zero-order valence-electron chi connectivity index (χ0n) is 12.5. The van der Waals surface area contributed by atoms with Crippen LogP contribution in [0.15, 0.2) is 18.2 Å². The fraction of sp³-hybridized carbons (Fsp3) is 0.625. The van der Waals surface area contributed by atoms with E-state index in [1.807, 2.05) is 18.2 Å². The minimum Gasteiger partial charge on any atom is -0.395 e. The van der Waals surface area contributed by atoms with Gasteiger partial charge in [0.05, 0.1) is 16.7 Å². The Morgan fingerprint density at radius 2 is 2.10 bits per heavy atom. The van der Waals surface area contributed by atoms with E-state index in [0.29, 0.717) is 16.1 Å². The highest BCUT2D eigenvalue weighted by atomic mass is 35.5. The van der Waals surface area contributed by atoms with Crippen LogP contribution in [0.25, 0.3) is 0 Å². The predicted octanol–water partition coefficient (Wildman–Crippen LogP) is 3.49. The van der Waals surface area contributed by atoms with Crippen molar-refractivity contribution in [3.8, 4) is 0 Å². The van der Waals surface area contributed by atoms with Crippen LogP contribution in [0, 0.1) is 0 Å². The number of nitrogens with zero attached hydrogens (tertiary/aromatic N) is 1. The first-order chi connectivity index (χ1) is 10.2. The lowest BCUT2D eigenvalue weighted by Crippen LogP contribution is -2.33. The van der Waals surface area contributed by atoms with Crippen LogP contribution >= 0.6 is 23.2 Å². The summed E-state index contributed by atoms with van der Waals surface area (Å²) >= 11 is 12.5. The van der Waals surface area contributed by atoms with Gasteiger partial charge < -0.3 is 10.4 Å². The second-order valence-corrected chi connectivity index (χ2v) is 6.32. The first-order valence-corrected chi connectivity index (χ1v) is 8.45. The summed E-state index contributed by atoms with van der Waals surface area (Å²) in [6.45, 7) is 4.92. The van der Waals surface area contributed by atoms with Crippen LogP contribution in [-0.4, -0.2) is 42.3 Å². The number of hydrogen-bond donors (Lipinski definition) is 2. The van der Waals surface area contributed by atoms with Crippen LogP contribution in [0.2, 0.25) is 10.0 Å². The molecule has 2 rings (SSSR count). The van der Waals surface area contributed by atoms with Gasteiger partial charge in [0.1, 0.15) is 0 Å². The van der Waals surface area contributed by atoms with Crippen LogP contribution in [0.5, 0.6) is 0 Å². The molecule has 1 aliphatic rings. The highest BCUT2D eigenvalue weighted by molar-refractivity contribution is 6.42. The summed E-state index contributed by atoms with van der Waals surface area (Å²) in [6.07, 6.45) is 3.47. The molecule has 1 atom stereocenters. The molecule has 0 spiro atoms. The average Bonchev–Trinajstić information content (AvgIpc) is 3.30. The molecule has 3 nitrogen and oxygen atoms in total. The molecular formula is C16H24Cl2N2O. The van der Waals surface area contributed by atoms with Gasteiger partial charge in [-0.25, -0.2) is 0 Å². The van der Waals surface area contributed by atoms with E-state index in [-0.39, 0.29) is 12.6 Å². The zero-order valence-corrected chi connectivity index (χ0v) is 14.0. The SMILES string of the molecule is CCNC(CCN(CCO)C1CC1)c1cccc(Cl)c1Cl. The third kappa shape index (κ3) is 4.83. The fourth-order valence-electron chi connectivity index (χ4n) is 2.74. The molecule has 0 aliphatic heterocycles. The lowest BCUT2D eigenvalue weighted by molar-refractivity contribution is 0.182. The largest absolute Gasteiger partial charge is 0.395 e. The average molecular weight is 331 g/mol. The summed E-state index contributed by atoms with van der Waals surface area (Å²) < 4.78 is 0. The van der Waals surface area contributed by atoms with E-state index in [0.717, 1.165) is 31.6 Å². The van der Waals surface area contributed by atoms with E-state index >= 15 is 0 Å². The Morgan fingerprint density at radius 3 is 2.71 bits per heavy atom. The number of rotatable bonds is 9. The Morgan fingerprint density at radius 1 is 1.33 bits per heavy atom. The van der Waals surface area contributed by atoms with Crippen molar-refractivity contribution < 1.29 is 5.11 Å². The molecular weight excluding hydrogens is 307 g/mol. The minimum absolute atomic E-state index is 0.196. The van der Waals surface area contributed by atoms with Gasteiger partial charge in [-0.3, -0.25) is 4.90 Å². The van der Waals surface area contributed by atoms with Gasteiger partial charge >= 0.3 is 0 Å². The molecule has 0 saturated heterocycles. The highest BCUT2D eigenvalue weighted by Gasteiger charge is 2.29. The van der Waals surface area contributed by atoms with Crippen LogP contribution in [0.3, 0.4) is 0 Å². The number of hydrogen-bond acceptors (Lipinski definition) is 3. The molecule has 1 unspecified atom stereocenters. The molecule has 1 aromatic rings. The molecule has 0 heterocycles. The molecule has 0 aromatic heterocycles. The highest BCUT2D eigenvalue weighted by Crippen LogP contribution is 2.32. The van der Waals surface area contributed by atoms with Crippen LogP contribution in [-0.2, 0) is 0 Å². The Balaban J connectivity index is 2.02. The molecule has 0 radical (unpaired) electrons. The standard InChI is InChI=1S/C16H24Cl2N2O/c1-2-19-15(13-4-3-5-14(17)16(13)18)8-9-20(10-11-21)12-6-7-12/h3-5,12,15,19,21H,2,6-11H2,1H3. The third-order valence-electron chi connectivity index (χ3n) is 3.96. The van der Waals surface area contributed by atoms with Gasteiger partial charge in [-0.2, -0.15) is 0 Å². The molecule has 0 amide bonds. The maximum Gasteiger partial charge on any atom is 0.0640 e. The van der Waals surface area contributed by atoms with Crippen molar-refractivity contribution in [1.82, 2.24) is 10.2 Å². The molecule has 1 aromatic carbocycles. The smallest absolute Gasteiger partial charge is 0.0640 e. The number of aliphatic hydroxyl groups excluding tert-OH is 1. The summed E-state index contributed by atoms with van der Waals surface area (Å²) in [4.78, 5) is 2.38. The monoisotopic (exact) mass is 330 g/mol. The summed E-state index contributed by atoms with van der Waals surface area (Å²) in [5.74, 6) is 0. The first kappa shape index (κ1) is 17.0. The van der Waals surface area contributed by atoms with E-state index in [1.54, 1.807) is 0 Å². The summed E-state index contributed by atoms with van der Waals surface area (Å²) in [6, 6.07) is 6.66.